The molecule has 13 heavy (non-hydrogen) atoms. The number of likely N-dealkylation sites (N-methyl/N-ethyl adjacent to an activating group) is 1. The Balaban J connectivity index is 2.73. The fourth-order valence-electron chi connectivity index (χ4n) is 1.21. The van der Waals surface area contributed by atoms with Gasteiger partial charge in [0.2, 0.25) is 0 Å². The molecule has 0 amide bonds. The third-order valence-corrected chi connectivity index (χ3v) is 2.41. The van der Waals surface area contributed by atoms with Crippen molar-refractivity contribution < 1.29 is 5.11 Å². The Hall–Kier alpha value is -0.860. The Labute approximate surface area is 79.8 Å². The summed E-state index contributed by atoms with van der Waals surface area (Å²) in [6, 6.07) is 9.88. The van der Waals surface area contributed by atoms with Crippen LogP contribution in [0, 0.1) is 0 Å². The summed E-state index contributed by atoms with van der Waals surface area (Å²) in [5, 5.41) is 9.92. The lowest BCUT2D eigenvalue weighted by molar-refractivity contribution is 0.0858. The molecule has 72 valence electrons. The number of hydrogen-bond acceptors (Lipinski definition) is 2. The van der Waals surface area contributed by atoms with Gasteiger partial charge in [0.05, 0.1) is 6.10 Å². The molecule has 0 aliphatic carbocycles. The fraction of sp³-hybridized carbons (Fsp3) is 0.455. The van der Waals surface area contributed by atoms with E-state index < -0.39 is 6.10 Å². The Kier molecular flexibility index (Phi) is 3.46. The molecule has 0 saturated heterocycles. The second kappa shape index (κ2) is 4.40. The largest absolute Gasteiger partial charge is 0.387 e. The summed E-state index contributed by atoms with van der Waals surface area (Å²) in [4.78, 5) is 2.01. The predicted molar refractivity (Wildman–Crippen MR) is 54.6 cm³/mol. The lowest BCUT2D eigenvalue weighted by Gasteiger charge is -2.25. The van der Waals surface area contributed by atoms with Gasteiger partial charge in [0.25, 0.3) is 0 Å². The van der Waals surface area contributed by atoms with Gasteiger partial charge >= 0.3 is 0 Å². The highest BCUT2D eigenvalue weighted by Crippen LogP contribution is 2.18. The minimum Gasteiger partial charge on any atom is -0.387 e. The van der Waals surface area contributed by atoms with Gasteiger partial charge in [-0.25, -0.2) is 0 Å². The van der Waals surface area contributed by atoms with Crippen molar-refractivity contribution in [2.24, 2.45) is 0 Å². The number of hydrogen-bond donors (Lipinski definition) is 1. The predicted octanol–water partition coefficient (Wildman–Crippen LogP) is 1.67. The zero-order chi connectivity index (χ0) is 9.84. The molecule has 0 radical (unpaired) electrons. The summed E-state index contributed by atoms with van der Waals surface area (Å²) in [5.41, 5.74) is 0.976. The molecular weight excluding hydrogens is 162 g/mol. The third-order valence-electron chi connectivity index (χ3n) is 2.41. The lowest BCUT2D eigenvalue weighted by Crippen LogP contribution is -2.30. The third kappa shape index (κ3) is 2.54. The number of aliphatic hydroxyl groups excluding tert-OH is 1. The van der Waals surface area contributed by atoms with Crippen molar-refractivity contribution in [3.05, 3.63) is 35.9 Å². The van der Waals surface area contributed by atoms with Gasteiger partial charge in [-0.3, -0.25) is 0 Å². The maximum absolute atomic E-state index is 9.92. The average Bonchev–Trinajstić information content (AvgIpc) is 2.17. The molecule has 1 N–H and O–H groups in total. The Morgan fingerprint density at radius 3 is 2.15 bits per heavy atom. The second-order valence-corrected chi connectivity index (χ2v) is 3.56. The summed E-state index contributed by atoms with van der Waals surface area (Å²) in [6.07, 6.45) is -0.406. The van der Waals surface area contributed by atoms with E-state index in [9.17, 15) is 5.11 Å². The minimum absolute atomic E-state index is 0.141. The summed E-state index contributed by atoms with van der Waals surface area (Å²) < 4.78 is 0. The van der Waals surface area contributed by atoms with Gasteiger partial charge < -0.3 is 10.0 Å². The van der Waals surface area contributed by atoms with Crippen molar-refractivity contribution >= 4 is 0 Å². The van der Waals surface area contributed by atoms with E-state index in [1.54, 1.807) is 0 Å². The minimum atomic E-state index is -0.406. The topological polar surface area (TPSA) is 23.5 Å². The van der Waals surface area contributed by atoms with Crippen LogP contribution in [0.1, 0.15) is 18.6 Å². The molecule has 1 aromatic carbocycles. The molecule has 0 unspecified atom stereocenters. The molecule has 0 spiro atoms. The van der Waals surface area contributed by atoms with Crippen LogP contribution in [0.5, 0.6) is 0 Å². The summed E-state index contributed by atoms with van der Waals surface area (Å²) in [7, 11) is 3.94. The van der Waals surface area contributed by atoms with E-state index in [0.29, 0.717) is 0 Å². The van der Waals surface area contributed by atoms with Gasteiger partial charge in [-0.2, -0.15) is 0 Å². The first-order valence-electron chi connectivity index (χ1n) is 4.52. The van der Waals surface area contributed by atoms with Gasteiger partial charge in [-0.1, -0.05) is 30.3 Å². The molecule has 0 heterocycles. The Morgan fingerprint density at radius 1 is 1.15 bits per heavy atom. The molecule has 2 nitrogen and oxygen atoms in total. The normalized spacial score (nSPS) is 15.8. The van der Waals surface area contributed by atoms with Crippen LogP contribution >= 0.6 is 0 Å². The molecule has 0 aromatic heterocycles. The van der Waals surface area contributed by atoms with E-state index >= 15 is 0 Å². The maximum Gasteiger partial charge on any atom is 0.0942 e. The molecule has 0 fully saturated rings. The average molecular weight is 179 g/mol. The van der Waals surface area contributed by atoms with Crippen LogP contribution in [0.2, 0.25) is 0 Å². The molecule has 2 atom stereocenters. The molecule has 1 rings (SSSR count). The number of rotatable bonds is 3. The molecule has 0 aliphatic rings. The van der Waals surface area contributed by atoms with Gasteiger partial charge in [0.15, 0.2) is 0 Å². The molecule has 0 aliphatic heterocycles. The smallest absolute Gasteiger partial charge is 0.0942 e. The summed E-state index contributed by atoms with van der Waals surface area (Å²) >= 11 is 0. The SMILES string of the molecule is C[C@@H]([C@@H](O)c1ccccc1)N(C)C. The van der Waals surface area contributed by atoms with Crippen LogP contribution in [0.15, 0.2) is 30.3 Å². The van der Waals surface area contributed by atoms with Crippen LogP contribution < -0.4 is 0 Å². The van der Waals surface area contributed by atoms with Crippen molar-refractivity contribution in [3.63, 3.8) is 0 Å². The zero-order valence-corrected chi connectivity index (χ0v) is 8.44. The van der Waals surface area contributed by atoms with Crippen molar-refractivity contribution in [2.75, 3.05) is 14.1 Å². The lowest BCUT2D eigenvalue weighted by atomic mass is 10.0. The van der Waals surface area contributed by atoms with Crippen molar-refractivity contribution in [1.29, 1.82) is 0 Å². The number of nitrogens with zero attached hydrogens (tertiary/aromatic N) is 1. The van der Waals surface area contributed by atoms with Crippen molar-refractivity contribution in [2.45, 2.75) is 19.1 Å². The first-order chi connectivity index (χ1) is 6.13. The van der Waals surface area contributed by atoms with E-state index in [4.69, 9.17) is 0 Å². The monoisotopic (exact) mass is 179 g/mol. The van der Waals surface area contributed by atoms with E-state index in [1.165, 1.54) is 0 Å². The van der Waals surface area contributed by atoms with Crippen LogP contribution in [0.3, 0.4) is 0 Å². The molecule has 2 heteroatoms. The Bertz CT molecular complexity index is 246. The highest BCUT2D eigenvalue weighted by molar-refractivity contribution is 5.18. The first-order valence-corrected chi connectivity index (χ1v) is 4.52. The van der Waals surface area contributed by atoms with Crippen LogP contribution in [-0.2, 0) is 0 Å². The fourth-order valence-corrected chi connectivity index (χ4v) is 1.21. The van der Waals surface area contributed by atoms with E-state index in [1.807, 2.05) is 56.3 Å². The first kappa shape index (κ1) is 10.2. The van der Waals surface area contributed by atoms with Crippen LogP contribution in [0.4, 0.5) is 0 Å². The van der Waals surface area contributed by atoms with Crippen LogP contribution in [0.25, 0.3) is 0 Å². The van der Waals surface area contributed by atoms with Crippen molar-refractivity contribution in [3.8, 4) is 0 Å². The highest BCUT2D eigenvalue weighted by Gasteiger charge is 2.17. The van der Waals surface area contributed by atoms with Crippen LogP contribution in [-0.4, -0.2) is 30.1 Å². The molecule has 0 bridgehead atoms. The second-order valence-electron chi connectivity index (χ2n) is 3.56. The molecular formula is C11H17NO. The standard InChI is InChI=1S/C11H17NO/c1-9(12(2)3)11(13)10-7-5-4-6-8-10/h4-9,11,13H,1-3H3/t9-,11+/m0/s1. The summed E-state index contributed by atoms with van der Waals surface area (Å²) in [6.45, 7) is 2.01. The molecule has 0 saturated carbocycles. The van der Waals surface area contributed by atoms with Gasteiger partial charge in [-0.15, -0.1) is 0 Å². The molecule has 1 aromatic rings. The Morgan fingerprint density at radius 2 is 1.69 bits per heavy atom. The summed E-state index contributed by atoms with van der Waals surface area (Å²) in [5.74, 6) is 0. The van der Waals surface area contributed by atoms with Crippen molar-refractivity contribution in [1.82, 2.24) is 4.90 Å². The van der Waals surface area contributed by atoms with Gasteiger partial charge in [-0.05, 0) is 26.6 Å². The number of benzene rings is 1. The highest BCUT2D eigenvalue weighted by atomic mass is 16.3. The quantitative estimate of drug-likeness (QED) is 0.763. The van der Waals surface area contributed by atoms with E-state index in [-0.39, 0.29) is 6.04 Å². The number of aliphatic hydroxyl groups is 1. The van der Waals surface area contributed by atoms with E-state index in [0.717, 1.165) is 5.56 Å². The zero-order valence-electron chi connectivity index (χ0n) is 8.44. The van der Waals surface area contributed by atoms with Gasteiger partial charge in [0.1, 0.15) is 0 Å². The maximum atomic E-state index is 9.92. The van der Waals surface area contributed by atoms with Gasteiger partial charge in [0, 0.05) is 6.04 Å². The van der Waals surface area contributed by atoms with E-state index in [2.05, 4.69) is 0 Å².